The van der Waals surface area contributed by atoms with Crippen molar-refractivity contribution in [1.82, 2.24) is 9.80 Å². The second kappa shape index (κ2) is 6.91. The van der Waals surface area contributed by atoms with Crippen LogP contribution in [0, 0.1) is 5.92 Å². The number of ether oxygens (including phenoxy) is 1. The van der Waals surface area contributed by atoms with Gasteiger partial charge in [0.25, 0.3) is 0 Å². The van der Waals surface area contributed by atoms with E-state index in [1.807, 2.05) is 44.4 Å². The van der Waals surface area contributed by atoms with E-state index in [0.29, 0.717) is 11.8 Å². The molecule has 2 aliphatic rings. The van der Waals surface area contributed by atoms with Crippen LogP contribution in [0.15, 0.2) is 30.3 Å². The molecule has 0 aromatic heterocycles. The van der Waals surface area contributed by atoms with Crippen molar-refractivity contribution in [3.63, 3.8) is 0 Å². The van der Waals surface area contributed by atoms with E-state index in [2.05, 4.69) is 9.80 Å². The molecule has 1 heterocycles. The molecule has 1 aromatic carbocycles. The Kier molecular flexibility index (Phi) is 4.90. The number of hydrogen-bond acceptors (Lipinski definition) is 3. The summed E-state index contributed by atoms with van der Waals surface area (Å²) in [7, 11) is 4.08. The number of rotatable bonds is 5. The SMILES string of the molecule is CN(C)C1(C(=O)N2CCC(COc3ccccc3)CC2)CCC1. The number of amides is 1. The van der Waals surface area contributed by atoms with Crippen LogP contribution in [0.3, 0.4) is 0 Å². The molecule has 0 unspecified atom stereocenters. The summed E-state index contributed by atoms with van der Waals surface area (Å²) in [5.74, 6) is 1.83. The van der Waals surface area contributed by atoms with Gasteiger partial charge >= 0.3 is 0 Å². The lowest BCUT2D eigenvalue weighted by atomic mass is 9.74. The van der Waals surface area contributed by atoms with Gasteiger partial charge < -0.3 is 9.64 Å². The van der Waals surface area contributed by atoms with E-state index in [9.17, 15) is 4.79 Å². The van der Waals surface area contributed by atoms with Crippen LogP contribution in [-0.4, -0.2) is 55.0 Å². The Balaban J connectivity index is 1.48. The van der Waals surface area contributed by atoms with Crippen LogP contribution >= 0.6 is 0 Å². The number of carbonyl (C=O) groups is 1. The normalized spacial score (nSPS) is 21.1. The molecular formula is C19H28N2O2. The highest BCUT2D eigenvalue weighted by molar-refractivity contribution is 5.87. The second-order valence-corrected chi connectivity index (χ2v) is 7.14. The number of piperidine rings is 1. The zero-order chi connectivity index (χ0) is 16.3. The van der Waals surface area contributed by atoms with E-state index < -0.39 is 0 Å². The van der Waals surface area contributed by atoms with Crippen LogP contribution in [0.5, 0.6) is 5.75 Å². The van der Waals surface area contributed by atoms with Gasteiger partial charge in [-0.05, 0) is 64.3 Å². The Morgan fingerprint density at radius 2 is 1.87 bits per heavy atom. The van der Waals surface area contributed by atoms with E-state index in [-0.39, 0.29) is 5.54 Å². The zero-order valence-electron chi connectivity index (χ0n) is 14.3. The fourth-order valence-corrected chi connectivity index (χ4v) is 3.69. The third kappa shape index (κ3) is 3.37. The highest BCUT2D eigenvalue weighted by atomic mass is 16.5. The number of para-hydroxylation sites is 1. The molecule has 0 N–H and O–H groups in total. The van der Waals surface area contributed by atoms with Crippen molar-refractivity contribution in [3.05, 3.63) is 30.3 Å². The molecule has 3 rings (SSSR count). The van der Waals surface area contributed by atoms with Gasteiger partial charge in [-0.3, -0.25) is 9.69 Å². The minimum atomic E-state index is -0.215. The van der Waals surface area contributed by atoms with Crippen LogP contribution in [0.1, 0.15) is 32.1 Å². The smallest absolute Gasteiger partial charge is 0.243 e. The first-order valence-electron chi connectivity index (χ1n) is 8.76. The molecular weight excluding hydrogens is 288 g/mol. The van der Waals surface area contributed by atoms with Gasteiger partial charge in [0.05, 0.1) is 6.61 Å². The molecule has 0 radical (unpaired) electrons. The Hall–Kier alpha value is -1.55. The lowest BCUT2D eigenvalue weighted by molar-refractivity contribution is -0.150. The zero-order valence-corrected chi connectivity index (χ0v) is 14.3. The standard InChI is InChI=1S/C19H28N2O2/c1-20(2)19(11-6-12-19)18(22)21-13-9-16(10-14-21)15-23-17-7-4-3-5-8-17/h3-5,7-8,16H,6,9-15H2,1-2H3. The fourth-order valence-electron chi connectivity index (χ4n) is 3.69. The van der Waals surface area contributed by atoms with Crippen molar-refractivity contribution >= 4 is 5.91 Å². The predicted molar refractivity (Wildman–Crippen MR) is 91.5 cm³/mol. The summed E-state index contributed by atoms with van der Waals surface area (Å²) in [6.45, 7) is 2.50. The van der Waals surface area contributed by atoms with Crippen molar-refractivity contribution < 1.29 is 9.53 Å². The summed E-state index contributed by atoms with van der Waals surface area (Å²) < 4.78 is 5.87. The Morgan fingerprint density at radius 1 is 1.22 bits per heavy atom. The Labute approximate surface area is 139 Å². The van der Waals surface area contributed by atoms with E-state index in [4.69, 9.17) is 4.74 Å². The van der Waals surface area contributed by atoms with Gasteiger partial charge in [-0.2, -0.15) is 0 Å². The molecule has 1 aliphatic heterocycles. The van der Waals surface area contributed by atoms with Crippen LogP contribution in [0.4, 0.5) is 0 Å². The van der Waals surface area contributed by atoms with Gasteiger partial charge in [0, 0.05) is 13.1 Å². The highest BCUT2D eigenvalue weighted by Crippen LogP contribution is 2.38. The van der Waals surface area contributed by atoms with Crippen molar-refractivity contribution in [2.75, 3.05) is 33.8 Å². The maximum atomic E-state index is 12.9. The molecule has 1 aromatic rings. The highest BCUT2D eigenvalue weighted by Gasteiger charge is 2.48. The minimum Gasteiger partial charge on any atom is -0.493 e. The van der Waals surface area contributed by atoms with Gasteiger partial charge in [0.2, 0.25) is 5.91 Å². The number of benzene rings is 1. The maximum absolute atomic E-state index is 12.9. The first kappa shape index (κ1) is 16.3. The summed E-state index contributed by atoms with van der Waals surface area (Å²) in [6.07, 6.45) is 5.28. The third-order valence-electron chi connectivity index (χ3n) is 5.57. The summed E-state index contributed by atoms with van der Waals surface area (Å²) in [5, 5.41) is 0. The first-order valence-corrected chi connectivity index (χ1v) is 8.76. The van der Waals surface area contributed by atoms with Gasteiger partial charge in [0.1, 0.15) is 11.3 Å². The summed E-state index contributed by atoms with van der Waals surface area (Å²) in [6, 6.07) is 9.98. The number of likely N-dealkylation sites (tertiary alicyclic amines) is 1. The van der Waals surface area contributed by atoms with Crippen molar-refractivity contribution in [1.29, 1.82) is 0 Å². The van der Waals surface area contributed by atoms with E-state index >= 15 is 0 Å². The summed E-state index contributed by atoms with van der Waals surface area (Å²) >= 11 is 0. The van der Waals surface area contributed by atoms with Crippen LogP contribution in [0.25, 0.3) is 0 Å². The number of likely N-dealkylation sites (N-methyl/N-ethyl adjacent to an activating group) is 1. The molecule has 0 spiro atoms. The molecule has 1 aliphatic carbocycles. The molecule has 0 atom stereocenters. The van der Waals surface area contributed by atoms with Crippen molar-refractivity contribution in [2.45, 2.75) is 37.6 Å². The molecule has 23 heavy (non-hydrogen) atoms. The quantitative estimate of drug-likeness (QED) is 0.837. The summed E-state index contributed by atoms with van der Waals surface area (Å²) in [5.41, 5.74) is -0.215. The Morgan fingerprint density at radius 3 is 2.39 bits per heavy atom. The molecule has 126 valence electrons. The minimum absolute atomic E-state index is 0.215. The van der Waals surface area contributed by atoms with E-state index in [1.165, 1.54) is 6.42 Å². The van der Waals surface area contributed by atoms with Crippen LogP contribution in [-0.2, 0) is 4.79 Å². The van der Waals surface area contributed by atoms with Gasteiger partial charge in [-0.1, -0.05) is 18.2 Å². The fraction of sp³-hybridized carbons (Fsp3) is 0.632. The molecule has 4 nitrogen and oxygen atoms in total. The summed E-state index contributed by atoms with van der Waals surface area (Å²) in [4.78, 5) is 17.1. The van der Waals surface area contributed by atoms with Crippen molar-refractivity contribution in [3.8, 4) is 5.75 Å². The molecule has 0 bridgehead atoms. The number of hydrogen-bond donors (Lipinski definition) is 0. The Bertz CT molecular complexity index is 517. The van der Waals surface area contributed by atoms with E-state index in [0.717, 1.165) is 51.1 Å². The average molecular weight is 316 g/mol. The predicted octanol–water partition coefficient (Wildman–Crippen LogP) is 2.79. The second-order valence-electron chi connectivity index (χ2n) is 7.14. The largest absolute Gasteiger partial charge is 0.493 e. The van der Waals surface area contributed by atoms with Gasteiger partial charge in [-0.25, -0.2) is 0 Å². The molecule has 1 saturated heterocycles. The average Bonchev–Trinajstić information content (AvgIpc) is 2.53. The van der Waals surface area contributed by atoms with Crippen molar-refractivity contribution in [2.24, 2.45) is 5.92 Å². The van der Waals surface area contributed by atoms with Gasteiger partial charge in [0.15, 0.2) is 0 Å². The monoisotopic (exact) mass is 316 g/mol. The molecule has 1 amide bonds. The molecule has 1 saturated carbocycles. The molecule has 4 heteroatoms. The molecule has 2 fully saturated rings. The van der Waals surface area contributed by atoms with Crippen LogP contribution in [0.2, 0.25) is 0 Å². The lowest BCUT2D eigenvalue weighted by Gasteiger charge is -2.49. The van der Waals surface area contributed by atoms with E-state index in [1.54, 1.807) is 0 Å². The first-order chi connectivity index (χ1) is 11.1. The number of carbonyl (C=O) groups excluding carboxylic acids is 1. The topological polar surface area (TPSA) is 32.8 Å². The van der Waals surface area contributed by atoms with Crippen LogP contribution < -0.4 is 4.74 Å². The number of nitrogens with zero attached hydrogens (tertiary/aromatic N) is 2. The lowest BCUT2D eigenvalue weighted by Crippen LogP contribution is -2.62. The maximum Gasteiger partial charge on any atom is 0.243 e. The third-order valence-corrected chi connectivity index (χ3v) is 5.57. The van der Waals surface area contributed by atoms with Gasteiger partial charge in [-0.15, -0.1) is 0 Å².